The van der Waals surface area contributed by atoms with E-state index in [1.807, 2.05) is 6.92 Å². The summed E-state index contributed by atoms with van der Waals surface area (Å²) in [6.45, 7) is 7.27. The minimum Gasteiger partial charge on any atom is -0.390 e. The highest BCUT2D eigenvalue weighted by molar-refractivity contribution is 5.22. The Morgan fingerprint density at radius 2 is 1.78 bits per heavy atom. The zero-order valence-electron chi connectivity index (χ0n) is 11.7. The number of hydrogen-bond acceptors (Lipinski definition) is 2. The number of hydrogen-bond donors (Lipinski definition) is 1. The van der Waals surface area contributed by atoms with Gasteiger partial charge in [0.1, 0.15) is 0 Å². The van der Waals surface area contributed by atoms with E-state index in [9.17, 15) is 5.11 Å². The van der Waals surface area contributed by atoms with E-state index in [1.54, 1.807) is 0 Å². The molecule has 0 bridgehead atoms. The van der Waals surface area contributed by atoms with Crippen molar-refractivity contribution in [1.29, 1.82) is 0 Å². The lowest BCUT2D eigenvalue weighted by atomic mass is 9.98. The first-order valence-electron chi connectivity index (χ1n) is 7.11. The molecule has 0 aromatic heterocycles. The Bertz CT molecular complexity index is 369. The van der Waals surface area contributed by atoms with E-state index in [-0.39, 0.29) is 0 Å². The molecule has 2 rings (SSSR count). The number of rotatable bonds is 3. The van der Waals surface area contributed by atoms with Crippen LogP contribution in [0.15, 0.2) is 24.3 Å². The lowest BCUT2D eigenvalue weighted by Crippen LogP contribution is -2.28. The maximum absolute atomic E-state index is 10.1. The highest BCUT2D eigenvalue weighted by Crippen LogP contribution is 2.22. The molecule has 1 N–H and O–H groups in total. The first-order valence-corrected chi connectivity index (χ1v) is 7.11. The maximum Gasteiger partial charge on any atom is 0.0632 e. The Balaban J connectivity index is 1.92. The Morgan fingerprint density at radius 1 is 1.11 bits per heavy atom. The van der Waals surface area contributed by atoms with Gasteiger partial charge < -0.3 is 5.11 Å². The fourth-order valence-electron chi connectivity index (χ4n) is 2.62. The van der Waals surface area contributed by atoms with Gasteiger partial charge in [0, 0.05) is 13.1 Å². The summed E-state index contributed by atoms with van der Waals surface area (Å²) in [4.78, 5) is 2.46. The summed E-state index contributed by atoms with van der Waals surface area (Å²) in [5.41, 5.74) is 2.33. The van der Waals surface area contributed by atoms with Crippen LogP contribution in [-0.2, 0) is 13.0 Å². The van der Waals surface area contributed by atoms with Crippen LogP contribution in [0, 0.1) is 0 Å². The van der Waals surface area contributed by atoms with E-state index in [4.69, 9.17) is 0 Å². The summed E-state index contributed by atoms with van der Waals surface area (Å²) in [5, 5.41) is 10.1. The van der Waals surface area contributed by atoms with Crippen LogP contribution in [-0.4, -0.2) is 28.7 Å². The maximum atomic E-state index is 10.1. The zero-order valence-corrected chi connectivity index (χ0v) is 11.7. The molecule has 1 aliphatic rings. The van der Waals surface area contributed by atoms with Crippen molar-refractivity contribution in [3.63, 3.8) is 0 Å². The molecule has 1 saturated heterocycles. The number of benzene rings is 1. The van der Waals surface area contributed by atoms with Gasteiger partial charge >= 0.3 is 0 Å². The third-order valence-electron chi connectivity index (χ3n) is 3.99. The predicted molar refractivity (Wildman–Crippen MR) is 75.6 cm³/mol. The van der Waals surface area contributed by atoms with Gasteiger partial charge in [-0.05, 0) is 50.3 Å². The normalized spacial score (nSPS) is 25.9. The molecular formula is C16H25NO. The number of aryl methyl sites for hydroxylation is 1. The summed E-state index contributed by atoms with van der Waals surface area (Å²) in [6.07, 6.45) is 4.02. The molecule has 0 saturated carbocycles. The summed E-state index contributed by atoms with van der Waals surface area (Å²) >= 11 is 0. The highest BCUT2D eigenvalue weighted by Gasteiger charge is 2.24. The van der Waals surface area contributed by atoms with E-state index in [2.05, 4.69) is 36.1 Å². The molecule has 1 atom stereocenters. The van der Waals surface area contributed by atoms with E-state index in [1.165, 1.54) is 11.1 Å². The minimum absolute atomic E-state index is 0.458. The first-order chi connectivity index (χ1) is 8.59. The second kappa shape index (κ2) is 5.85. The third-order valence-corrected chi connectivity index (χ3v) is 3.99. The highest BCUT2D eigenvalue weighted by atomic mass is 16.3. The molecule has 0 radical (unpaired) electrons. The van der Waals surface area contributed by atoms with Crippen LogP contribution >= 0.6 is 0 Å². The monoisotopic (exact) mass is 247 g/mol. The van der Waals surface area contributed by atoms with Gasteiger partial charge in [-0.1, -0.05) is 31.2 Å². The summed E-state index contributed by atoms with van der Waals surface area (Å²) in [7, 11) is 0. The van der Waals surface area contributed by atoms with Crippen molar-refractivity contribution < 1.29 is 5.11 Å². The fraction of sp³-hybridized carbons (Fsp3) is 0.625. The van der Waals surface area contributed by atoms with Crippen LogP contribution in [0.4, 0.5) is 0 Å². The predicted octanol–water partition coefficient (Wildman–Crippen LogP) is 2.99. The van der Waals surface area contributed by atoms with E-state index in [0.717, 1.165) is 45.3 Å². The van der Waals surface area contributed by atoms with Crippen LogP contribution < -0.4 is 0 Å². The Hall–Kier alpha value is -0.860. The first kappa shape index (κ1) is 13.6. The standard InChI is InChI=1S/C16H25NO/c1-3-14-5-7-15(8-6-14)13-17-11-4-9-16(2,18)10-12-17/h5-8,18H,3-4,9-13H2,1-2H3. The molecule has 2 heteroatoms. The number of likely N-dealkylation sites (tertiary alicyclic amines) is 1. The lowest BCUT2D eigenvalue weighted by Gasteiger charge is -2.22. The van der Waals surface area contributed by atoms with Gasteiger partial charge in [0.15, 0.2) is 0 Å². The molecule has 0 spiro atoms. The average Bonchev–Trinajstić information content (AvgIpc) is 2.52. The van der Waals surface area contributed by atoms with Crippen LogP contribution in [0.2, 0.25) is 0 Å². The molecule has 100 valence electrons. The van der Waals surface area contributed by atoms with Gasteiger partial charge in [0.05, 0.1) is 5.60 Å². The largest absolute Gasteiger partial charge is 0.390 e. The molecule has 1 aliphatic heterocycles. The summed E-state index contributed by atoms with van der Waals surface area (Å²) < 4.78 is 0. The Morgan fingerprint density at radius 3 is 2.44 bits per heavy atom. The van der Waals surface area contributed by atoms with Gasteiger partial charge in [-0.3, -0.25) is 4.90 Å². The molecule has 1 unspecified atom stereocenters. The van der Waals surface area contributed by atoms with Crippen LogP contribution in [0.3, 0.4) is 0 Å². The lowest BCUT2D eigenvalue weighted by molar-refractivity contribution is 0.0444. The van der Waals surface area contributed by atoms with E-state index in [0.29, 0.717) is 0 Å². The molecule has 1 fully saturated rings. The third kappa shape index (κ3) is 3.82. The van der Waals surface area contributed by atoms with Crippen molar-refractivity contribution in [2.45, 2.75) is 51.7 Å². The Kier molecular flexibility index (Phi) is 4.41. The Labute approximate surface area is 111 Å². The second-order valence-corrected chi connectivity index (χ2v) is 5.80. The molecule has 1 aromatic carbocycles. The van der Waals surface area contributed by atoms with Crippen LogP contribution in [0.25, 0.3) is 0 Å². The van der Waals surface area contributed by atoms with Gasteiger partial charge in [-0.25, -0.2) is 0 Å². The average molecular weight is 247 g/mol. The fourth-order valence-corrected chi connectivity index (χ4v) is 2.62. The SMILES string of the molecule is CCc1ccc(CN2CCCC(C)(O)CC2)cc1. The van der Waals surface area contributed by atoms with Crippen molar-refractivity contribution in [2.75, 3.05) is 13.1 Å². The topological polar surface area (TPSA) is 23.5 Å². The molecule has 1 aromatic rings. The van der Waals surface area contributed by atoms with Gasteiger partial charge in [0.2, 0.25) is 0 Å². The van der Waals surface area contributed by atoms with Crippen molar-refractivity contribution in [2.24, 2.45) is 0 Å². The molecular weight excluding hydrogens is 222 g/mol. The molecule has 18 heavy (non-hydrogen) atoms. The van der Waals surface area contributed by atoms with Crippen molar-refractivity contribution in [1.82, 2.24) is 4.90 Å². The van der Waals surface area contributed by atoms with E-state index >= 15 is 0 Å². The second-order valence-electron chi connectivity index (χ2n) is 5.80. The number of aliphatic hydroxyl groups is 1. The van der Waals surface area contributed by atoms with Crippen LogP contribution in [0.5, 0.6) is 0 Å². The van der Waals surface area contributed by atoms with Crippen molar-refractivity contribution in [3.8, 4) is 0 Å². The summed E-state index contributed by atoms with van der Waals surface area (Å²) in [6, 6.07) is 8.93. The molecule has 0 aliphatic carbocycles. The van der Waals surface area contributed by atoms with Crippen molar-refractivity contribution >= 4 is 0 Å². The minimum atomic E-state index is -0.458. The van der Waals surface area contributed by atoms with Gasteiger partial charge in [0.25, 0.3) is 0 Å². The van der Waals surface area contributed by atoms with E-state index < -0.39 is 5.60 Å². The molecule has 1 heterocycles. The van der Waals surface area contributed by atoms with Crippen LogP contribution in [0.1, 0.15) is 44.2 Å². The smallest absolute Gasteiger partial charge is 0.0632 e. The van der Waals surface area contributed by atoms with Crippen molar-refractivity contribution in [3.05, 3.63) is 35.4 Å². The number of nitrogens with zero attached hydrogens (tertiary/aromatic N) is 1. The summed E-state index contributed by atoms with van der Waals surface area (Å²) in [5.74, 6) is 0. The molecule has 2 nitrogen and oxygen atoms in total. The molecule has 0 amide bonds. The van der Waals surface area contributed by atoms with Gasteiger partial charge in [-0.15, -0.1) is 0 Å². The van der Waals surface area contributed by atoms with Gasteiger partial charge in [-0.2, -0.15) is 0 Å². The zero-order chi connectivity index (χ0) is 13.0. The quantitative estimate of drug-likeness (QED) is 0.887.